The van der Waals surface area contributed by atoms with Gasteiger partial charge in [0.1, 0.15) is 17.7 Å². The lowest BCUT2D eigenvalue weighted by atomic mass is 9.99. The van der Waals surface area contributed by atoms with Gasteiger partial charge in [-0.1, -0.05) is 30.0 Å². The number of rotatable bonds is 8. The molecule has 0 aliphatic carbocycles. The molecule has 1 saturated heterocycles. The van der Waals surface area contributed by atoms with Crippen molar-refractivity contribution in [2.24, 2.45) is 0 Å². The first-order chi connectivity index (χ1) is 19.1. The average Bonchev–Trinajstić information content (AvgIpc) is 2.90. The summed E-state index contributed by atoms with van der Waals surface area (Å²) in [5.74, 6) is -2.28. The molecule has 1 aliphatic rings. The lowest BCUT2D eigenvalue weighted by Crippen LogP contribution is -2.61. The Morgan fingerprint density at radius 3 is 2.15 bits per heavy atom. The van der Waals surface area contributed by atoms with Gasteiger partial charge in [0, 0.05) is 51.0 Å². The number of aromatic nitrogens is 3. The molecule has 0 radical (unpaired) electrons. The highest BCUT2D eigenvalue weighted by atomic mass is 32.2. The van der Waals surface area contributed by atoms with Crippen LogP contribution in [0.25, 0.3) is 22.3 Å². The van der Waals surface area contributed by atoms with Crippen LogP contribution in [0.15, 0.2) is 53.8 Å². The third-order valence-electron chi connectivity index (χ3n) is 5.66. The fraction of sp³-hybridized carbons (Fsp3) is 0.370. The minimum atomic E-state index is -1.27. The highest BCUT2D eigenvalue weighted by molar-refractivity contribution is 8.00. The molecular weight excluding hydrogens is 542 g/mol. The predicted molar refractivity (Wildman–Crippen MR) is 141 cm³/mol. The Labute approximate surface area is 233 Å². The second-order valence-corrected chi connectivity index (χ2v) is 9.88. The second-order valence-electron chi connectivity index (χ2n) is 8.80. The van der Waals surface area contributed by atoms with Crippen molar-refractivity contribution in [3.63, 3.8) is 0 Å². The maximum atomic E-state index is 12.2. The molecule has 2 aromatic heterocycles. The minimum absolute atomic E-state index is 0.319. The van der Waals surface area contributed by atoms with Crippen LogP contribution < -0.4 is 0 Å². The molecule has 3 heterocycles. The molecule has 12 nitrogen and oxygen atoms in total. The molecule has 13 heteroatoms. The molecule has 0 spiro atoms. The van der Waals surface area contributed by atoms with Crippen LogP contribution in [0.2, 0.25) is 0 Å². The fourth-order valence-corrected chi connectivity index (χ4v) is 5.36. The summed E-state index contributed by atoms with van der Waals surface area (Å²) < 4.78 is 28.0. The van der Waals surface area contributed by atoms with E-state index in [0.29, 0.717) is 27.3 Å². The lowest BCUT2D eigenvalue weighted by Gasteiger charge is -2.44. The summed E-state index contributed by atoms with van der Waals surface area (Å²) >= 11 is 1.10. The number of para-hydroxylation sites is 1. The van der Waals surface area contributed by atoms with Gasteiger partial charge < -0.3 is 23.7 Å². The normalized spacial score (nSPS) is 22.2. The Morgan fingerprint density at radius 2 is 1.50 bits per heavy atom. The highest BCUT2D eigenvalue weighted by Crippen LogP contribution is 2.39. The molecule has 5 atom stereocenters. The number of ether oxygens (including phenoxy) is 5. The van der Waals surface area contributed by atoms with Gasteiger partial charge in [-0.2, -0.15) is 0 Å². The zero-order chi connectivity index (χ0) is 28.8. The van der Waals surface area contributed by atoms with Crippen LogP contribution in [-0.4, -0.2) is 75.3 Å². The van der Waals surface area contributed by atoms with Crippen molar-refractivity contribution in [2.75, 3.05) is 6.61 Å². The molecule has 0 amide bonds. The first kappa shape index (κ1) is 28.9. The Bertz CT molecular complexity index is 1400. The van der Waals surface area contributed by atoms with Crippen LogP contribution in [0.1, 0.15) is 27.7 Å². The third-order valence-corrected chi connectivity index (χ3v) is 6.81. The van der Waals surface area contributed by atoms with E-state index in [4.69, 9.17) is 28.7 Å². The lowest BCUT2D eigenvalue weighted by molar-refractivity contribution is -0.237. The van der Waals surface area contributed by atoms with Gasteiger partial charge in [0.2, 0.25) is 0 Å². The number of esters is 4. The van der Waals surface area contributed by atoms with E-state index in [1.807, 2.05) is 30.3 Å². The van der Waals surface area contributed by atoms with Crippen molar-refractivity contribution in [3.05, 3.63) is 48.8 Å². The molecule has 3 aromatic rings. The largest absolute Gasteiger partial charge is 0.463 e. The first-order valence-electron chi connectivity index (χ1n) is 12.3. The molecule has 0 bridgehead atoms. The summed E-state index contributed by atoms with van der Waals surface area (Å²) in [5.41, 5.74) is 0.293. The summed E-state index contributed by atoms with van der Waals surface area (Å²) in [5, 5.41) is 1.17. The average molecular weight is 570 g/mol. The molecule has 1 aliphatic heterocycles. The summed E-state index contributed by atoms with van der Waals surface area (Å²) in [6.07, 6.45) is -1.53. The molecule has 1 fully saturated rings. The quantitative estimate of drug-likeness (QED) is 0.222. The smallest absolute Gasteiger partial charge is 0.303 e. The molecule has 40 heavy (non-hydrogen) atoms. The number of fused-ring (bicyclic) bond motifs is 1. The van der Waals surface area contributed by atoms with E-state index in [2.05, 4.69) is 9.97 Å². The number of carbonyl (C=O) groups is 4. The maximum Gasteiger partial charge on any atom is 0.303 e. The number of benzene rings is 1. The van der Waals surface area contributed by atoms with Crippen LogP contribution in [0, 0.1) is 0 Å². The standard InChI is InChI=1S/C27H27N3O9S/c1-14(31)35-13-21-22(36-15(2)32)23(37-16(3)33)24(38-17(4)34)27(39-21)40-26-19-9-5-6-10-20(19)29-25(30-26)18-8-7-11-28-12-18/h5-12,21-24,27H,13H2,1-4H3/t21?,22-,23?,24+,27+/m1/s1. The van der Waals surface area contributed by atoms with Crippen LogP contribution in [-0.2, 0) is 42.9 Å². The van der Waals surface area contributed by atoms with Crippen molar-refractivity contribution < 1.29 is 42.9 Å². The van der Waals surface area contributed by atoms with Crippen LogP contribution in [0.3, 0.4) is 0 Å². The van der Waals surface area contributed by atoms with Crippen molar-refractivity contribution in [1.29, 1.82) is 0 Å². The van der Waals surface area contributed by atoms with E-state index < -0.39 is 53.7 Å². The second kappa shape index (κ2) is 12.8. The van der Waals surface area contributed by atoms with Gasteiger partial charge >= 0.3 is 23.9 Å². The Morgan fingerprint density at radius 1 is 0.825 bits per heavy atom. The van der Waals surface area contributed by atoms with Gasteiger partial charge in [-0.05, 0) is 18.2 Å². The van der Waals surface area contributed by atoms with E-state index in [9.17, 15) is 19.2 Å². The number of thioether (sulfide) groups is 1. The summed E-state index contributed by atoms with van der Waals surface area (Å²) in [4.78, 5) is 61.4. The van der Waals surface area contributed by atoms with Crippen molar-refractivity contribution in [3.8, 4) is 11.4 Å². The summed E-state index contributed by atoms with van der Waals surface area (Å²) in [6, 6.07) is 10.9. The van der Waals surface area contributed by atoms with Gasteiger partial charge in [-0.15, -0.1) is 0 Å². The zero-order valence-corrected chi connectivity index (χ0v) is 23.0. The minimum Gasteiger partial charge on any atom is -0.463 e. The third kappa shape index (κ3) is 7.10. The van der Waals surface area contributed by atoms with Gasteiger partial charge in [-0.3, -0.25) is 24.2 Å². The van der Waals surface area contributed by atoms with E-state index in [1.54, 1.807) is 18.5 Å². The van der Waals surface area contributed by atoms with Crippen LogP contribution in [0.5, 0.6) is 0 Å². The number of pyridine rings is 1. The number of hydrogen-bond donors (Lipinski definition) is 0. The van der Waals surface area contributed by atoms with Gasteiger partial charge in [0.25, 0.3) is 0 Å². The monoisotopic (exact) mass is 569 g/mol. The molecule has 1 aromatic carbocycles. The van der Waals surface area contributed by atoms with Crippen molar-refractivity contribution in [1.82, 2.24) is 15.0 Å². The molecule has 4 rings (SSSR count). The zero-order valence-electron chi connectivity index (χ0n) is 22.1. The van der Waals surface area contributed by atoms with E-state index in [-0.39, 0.29) is 6.61 Å². The number of hydrogen-bond acceptors (Lipinski definition) is 13. The highest BCUT2D eigenvalue weighted by Gasteiger charge is 2.52. The first-order valence-corrected chi connectivity index (χ1v) is 13.1. The van der Waals surface area contributed by atoms with Crippen LogP contribution >= 0.6 is 11.8 Å². The van der Waals surface area contributed by atoms with Gasteiger partial charge in [0.15, 0.2) is 29.6 Å². The molecule has 0 saturated carbocycles. The Balaban J connectivity index is 1.80. The summed E-state index contributed by atoms with van der Waals surface area (Å²) in [7, 11) is 0. The van der Waals surface area contributed by atoms with Crippen molar-refractivity contribution in [2.45, 2.75) is 62.6 Å². The number of nitrogens with zero attached hydrogens (tertiary/aromatic N) is 3. The van der Waals surface area contributed by atoms with E-state index in [0.717, 1.165) is 11.8 Å². The van der Waals surface area contributed by atoms with E-state index in [1.165, 1.54) is 27.7 Å². The Hall–Kier alpha value is -4.10. The molecular formula is C27H27N3O9S. The molecule has 2 unspecified atom stereocenters. The molecule has 210 valence electrons. The van der Waals surface area contributed by atoms with Gasteiger partial charge in [-0.25, -0.2) is 9.97 Å². The van der Waals surface area contributed by atoms with Gasteiger partial charge in [0.05, 0.1) is 5.52 Å². The Kier molecular flexibility index (Phi) is 9.27. The number of carbonyl (C=O) groups excluding carboxylic acids is 4. The molecule has 0 N–H and O–H groups in total. The van der Waals surface area contributed by atoms with Crippen molar-refractivity contribution >= 4 is 46.5 Å². The van der Waals surface area contributed by atoms with E-state index >= 15 is 0 Å². The SMILES string of the molecule is CC(=O)OCC1O[C@@H](Sc2nc(-c3cccnc3)nc3ccccc23)[C@@H](OC(C)=O)C(OC(C)=O)[C@@H]1OC(C)=O. The topological polar surface area (TPSA) is 153 Å². The van der Waals surface area contributed by atoms with Crippen LogP contribution in [0.4, 0.5) is 0 Å². The summed E-state index contributed by atoms with van der Waals surface area (Å²) in [6.45, 7) is 4.43. The predicted octanol–water partition coefficient (Wildman–Crippen LogP) is 2.87. The maximum absolute atomic E-state index is 12.2. The fourth-order valence-electron chi connectivity index (χ4n) is 4.16.